The standard InChI is InChI=1S/C17H13BrF3N5OS/c18-9-3-4-14(22-8-9)24-16(27)11-7-15-23-10(12-2-1-5-28-12)6-13(17(19,20)21)26(15)25-11/h1-5,7-8,10,13,23H,6H2,(H,22,24,27)/t10-,13-/m0/s1. The van der Waals surface area contributed by atoms with E-state index in [1.807, 2.05) is 5.38 Å². The van der Waals surface area contributed by atoms with Gasteiger partial charge in [-0.05, 0) is 39.5 Å². The molecule has 3 aromatic rings. The number of halogens is 4. The molecule has 28 heavy (non-hydrogen) atoms. The number of rotatable bonds is 3. The summed E-state index contributed by atoms with van der Waals surface area (Å²) in [5.74, 6) is -0.205. The lowest BCUT2D eigenvalue weighted by Crippen LogP contribution is -2.35. The van der Waals surface area contributed by atoms with E-state index in [0.29, 0.717) is 0 Å². The summed E-state index contributed by atoms with van der Waals surface area (Å²) in [6.07, 6.45) is -3.19. The van der Waals surface area contributed by atoms with Gasteiger partial charge in [0.15, 0.2) is 11.7 Å². The van der Waals surface area contributed by atoms with Gasteiger partial charge in [0, 0.05) is 28.0 Å². The van der Waals surface area contributed by atoms with Gasteiger partial charge in [0.2, 0.25) is 0 Å². The Balaban J connectivity index is 1.63. The predicted octanol–water partition coefficient (Wildman–Crippen LogP) is 5.01. The quantitative estimate of drug-likeness (QED) is 0.562. The molecule has 4 rings (SSSR count). The molecule has 3 aromatic heterocycles. The van der Waals surface area contributed by atoms with E-state index in [4.69, 9.17) is 0 Å². The zero-order chi connectivity index (χ0) is 19.9. The van der Waals surface area contributed by atoms with Crippen molar-refractivity contribution in [2.75, 3.05) is 10.6 Å². The Labute approximate surface area is 169 Å². The molecule has 1 aliphatic rings. The summed E-state index contributed by atoms with van der Waals surface area (Å²) in [5, 5.41) is 11.3. The number of nitrogens with one attached hydrogen (secondary N) is 2. The molecule has 146 valence electrons. The minimum absolute atomic E-state index is 0.117. The average molecular weight is 472 g/mol. The van der Waals surface area contributed by atoms with Crippen LogP contribution >= 0.6 is 27.3 Å². The van der Waals surface area contributed by atoms with Crippen molar-refractivity contribution < 1.29 is 18.0 Å². The summed E-state index contributed by atoms with van der Waals surface area (Å²) in [6, 6.07) is 5.85. The first-order valence-corrected chi connectivity index (χ1v) is 9.87. The Morgan fingerprint density at radius 3 is 2.82 bits per heavy atom. The third-order valence-electron chi connectivity index (χ3n) is 4.28. The van der Waals surface area contributed by atoms with Gasteiger partial charge in [-0.1, -0.05) is 6.07 Å². The van der Waals surface area contributed by atoms with Gasteiger partial charge in [-0.25, -0.2) is 9.67 Å². The number of alkyl halides is 3. The molecule has 6 nitrogen and oxygen atoms in total. The number of carbonyl (C=O) groups is 1. The maximum Gasteiger partial charge on any atom is 0.410 e. The van der Waals surface area contributed by atoms with Gasteiger partial charge in [0.1, 0.15) is 11.6 Å². The number of fused-ring (bicyclic) bond motifs is 1. The van der Waals surface area contributed by atoms with Gasteiger partial charge in [-0.15, -0.1) is 11.3 Å². The fourth-order valence-electron chi connectivity index (χ4n) is 2.99. The average Bonchev–Trinajstić information content (AvgIpc) is 3.31. The summed E-state index contributed by atoms with van der Waals surface area (Å²) in [7, 11) is 0. The van der Waals surface area contributed by atoms with Crippen molar-refractivity contribution in [2.45, 2.75) is 24.7 Å². The van der Waals surface area contributed by atoms with Crippen molar-refractivity contribution in [2.24, 2.45) is 0 Å². The van der Waals surface area contributed by atoms with Crippen LogP contribution in [0.1, 0.15) is 33.9 Å². The minimum Gasteiger partial charge on any atom is -0.363 e. The third-order valence-corrected chi connectivity index (χ3v) is 5.73. The zero-order valence-corrected chi connectivity index (χ0v) is 16.5. The molecule has 2 N–H and O–H groups in total. The van der Waals surface area contributed by atoms with E-state index >= 15 is 0 Å². The first kappa shape index (κ1) is 18.9. The fraction of sp³-hybridized carbons (Fsp3) is 0.235. The van der Waals surface area contributed by atoms with Crippen molar-refractivity contribution >= 4 is 44.8 Å². The molecule has 0 unspecified atom stereocenters. The largest absolute Gasteiger partial charge is 0.410 e. The Bertz CT molecular complexity index is 987. The van der Waals surface area contributed by atoms with Crippen LogP contribution in [0.25, 0.3) is 0 Å². The van der Waals surface area contributed by atoms with Crippen LogP contribution in [0.4, 0.5) is 24.8 Å². The zero-order valence-electron chi connectivity index (χ0n) is 14.1. The van der Waals surface area contributed by atoms with Crippen LogP contribution in [0.3, 0.4) is 0 Å². The Morgan fingerprint density at radius 2 is 2.18 bits per heavy atom. The molecule has 0 aliphatic carbocycles. The van der Waals surface area contributed by atoms with Crippen LogP contribution in [0.15, 0.2) is 46.4 Å². The Kier molecular flexibility index (Phi) is 4.88. The van der Waals surface area contributed by atoms with Crippen LogP contribution in [-0.2, 0) is 0 Å². The fourth-order valence-corrected chi connectivity index (χ4v) is 4.02. The highest BCUT2D eigenvalue weighted by Gasteiger charge is 2.47. The van der Waals surface area contributed by atoms with Crippen molar-refractivity contribution in [3.8, 4) is 0 Å². The van der Waals surface area contributed by atoms with Gasteiger partial charge in [0.05, 0.1) is 6.04 Å². The molecule has 0 saturated heterocycles. The number of carbonyl (C=O) groups excluding carboxylic acids is 1. The van der Waals surface area contributed by atoms with Crippen LogP contribution < -0.4 is 10.6 Å². The van der Waals surface area contributed by atoms with Gasteiger partial charge >= 0.3 is 6.18 Å². The molecule has 0 fully saturated rings. The monoisotopic (exact) mass is 471 g/mol. The van der Waals surface area contributed by atoms with E-state index in [1.165, 1.54) is 23.6 Å². The number of anilines is 2. The highest BCUT2D eigenvalue weighted by molar-refractivity contribution is 9.10. The maximum atomic E-state index is 13.6. The van der Waals surface area contributed by atoms with E-state index in [1.54, 1.807) is 24.3 Å². The molecule has 1 aliphatic heterocycles. The molecule has 0 saturated carbocycles. The first-order valence-electron chi connectivity index (χ1n) is 8.20. The van der Waals surface area contributed by atoms with Crippen LogP contribution in [-0.4, -0.2) is 26.8 Å². The molecular formula is C17H13BrF3N5OS. The van der Waals surface area contributed by atoms with Gasteiger partial charge in [-0.2, -0.15) is 18.3 Å². The van der Waals surface area contributed by atoms with Gasteiger partial charge < -0.3 is 10.6 Å². The lowest BCUT2D eigenvalue weighted by molar-refractivity contribution is -0.173. The van der Waals surface area contributed by atoms with Crippen LogP contribution in [0, 0.1) is 0 Å². The number of hydrogen-bond donors (Lipinski definition) is 2. The van der Waals surface area contributed by atoms with Crippen molar-refractivity contribution in [1.29, 1.82) is 0 Å². The molecule has 4 heterocycles. The van der Waals surface area contributed by atoms with E-state index in [9.17, 15) is 18.0 Å². The highest BCUT2D eigenvalue weighted by Crippen LogP contribution is 2.44. The predicted molar refractivity (Wildman–Crippen MR) is 103 cm³/mol. The van der Waals surface area contributed by atoms with Crippen molar-refractivity contribution in [1.82, 2.24) is 14.8 Å². The van der Waals surface area contributed by atoms with E-state index in [0.717, 1.165) is 14.0 Å². The second kappa shape index (κ2) is 7.21. The lowest BCUT2D eigenvalue weighted by atomic mass is 10.0. The smallest absolute Gasteiger partial charge is 0.363 e. The van der Waals surface area contributed by atoms with E-state index in [-0.39, 0.29) is 23.8 Å². The number of pyridine rings is 1. The topological polar surface area (TPSA) is 71.8 Å². The SMILES string of the molecule is O=C(Nc1ccc(Br)cn1)c1cc2n(n1)[C@H](C(F)(F)F)C[C@@H](c1cccs1)N2. The molecule has 0 spiro atoms. The number of aromatic nitrogens is 3. The molecule has 1 amide bonds. The molecule has 2 atom stereocenters. The van der Waals surface area contributed by atoms with Gasteiger partial charge in [0.25, 0.3) is 5.91 Å². The summed E-state index contributed by atoms with van der Waals surface area (Å²) in [5.41, 5.74) is -0.117. The first-order chi connectivity index (χ1) is 13.3. The van der Waals surface area contributed by atoms with Crippen LogP contribution in [0.2, 0.25) is 0 Å². The highest BCUT2D eigenvalue weighted by atomic mass is 79.9. The summed E-state index contributed by atoms with van der Waals surface area (Å²) >= 11 is 4.62. The van der Waals surface area contributed by atoms with Crippen molar-refractivity contribution in [3.05, 3.63) is 57.0 Å². The second-order valence-electron chi connectivity index (χ2n) is 6.18. The number of amides is 1. The van der Waals surface area contributed by atoms with E-state index in [2.05, 4.69) is 36.6 Å². The van der Waals surface area contributed by atoms with Gasteiger partial charge in [-0.3, -0.25) is 4.79 Å². The van der Waals surface area contributed by atoms with Crippen molar-refractivity contribution in [3.63, 3.8) is 0 Å². The normalized spacial score (nSPS) is 19.0. The summed E-state index contributed by atoms with van der Waals surface area (Å²) in [6.45, 7) is 0. The Morgan fingerprint density at radius 1 is 1.36 bits per heavy atom. The molecule has 0 bridgehead atoms. The number of nitrogens with zero attached hydrogens (tertiary/aromatic N) is 3. The maximum absolute atomic E-state index is 13.6. The molecule has 0 radical (unpaired) electrons. The van der Waals surface area contributed by atoms with E-state index < -0.39 is 24.2 Å². The van der Waals surface area contributed by atoms with Crippen LogP contribution in [0.5, 0.6) is 0 Å². The molecular weight excluding hydrogens is 459 g/mol. The molecule has 11 heteroatoms. The number of thiophene rings is 1. The summed E-state index contributed by atoms with van der Waals surface area (Å²) in [4.78, 5) is 17.3. The number of hydrogen-bond acceptors (Lipinski definition) is 5. The third kappa shape index (κ3) is 3.76. The Hall–Kier alpha value is -2.40. The molecule has 0 aromatic carbocycles. The second-order valence-corrected chi connectivity index (χ2v) is 8.08. The summed E-state index contributed by atoms with van der Waals surface area (Å²) < 4.78 is 42.5. The minimum atomic E-state index is -4.49. The lowest BCUT2D eigenvalue weighted by Gasteiger charge is -2.32.